The van der Waals surface area contributed by atoms with Crippen molar-refractivity contribution in [1.82, 2.24) is 20.6 Å². The second-order valence-corrected chi connectivity index (χ2v) is 6.51. The summed E-state index contributed by atoms with van der Waals surface area (Å²) in [6.07, 6.45) is 0.330. The van der Waals surface area contributed by atoms with Gasteiger partial charge in [0.25, 0.3) is 0 Å². The highest BCUT2D eigenvalue weighted by atomic mass is 16.5. The minimum Gasteiger partial charge on any atom is -0.497 e. The summed E-state index contributed by atoms with van der Waals surface area (Å²) in [7, 11) is 3.18. The normalized spacial score (nSPS) is 11.7. The maximum Gasteiger partial charge on any atom is 0.235 e. The fourth-order valence-corrected chi connectivity index (χ4v) is 3.05. The minimum absolute atomic E-state index is 0.224. The summed E-state index contributed by atoms with van der Waals surface area (Å²) in [4.78, 5) is 13.1. The van der Waals surface area contributed by atoms with E-state index in [2.05, 4.69) is 25.9 Å². The number of benzene rings is 2. The second kappa shape index (κ2) is 8.51. The van der Waals surface area contributed by atoms with Gasteiger partial charge in [-0.25, -0.2) is 0 Å². The number of methoxy groups -OCH3 is 2. The van der Waals surface area contributed by atoms with Gasteiger partial charge < -0.3 is 14.8 Å². The number of anilines is 1. The Hall–Kier alpha value is -3.42. The predicted molar refractivity (Wildman–Crippen MR) is 105 cm³/mol. The zero-order chi connectivity index (χ0) is 20.1. The first-order valence-corrected chi connectivity index (χ1v) is 8.84. The van der Waals surface area contributed by atoms with Crippen molar-refractivity contribution in [3.8, 4) is 11.5 Å². The van der Waals surface area contributed by atoms with Gasteiger partial charge in [-0.15, -0.1) is 10.2 Å². The summed E-state index contributed by atoms with van der Waals surface area (Å²) < 4.78 is 10.7. The molecule has 0 aliphatic rings. The van der Waals surface area contributed by atoms with Gasteiger partial charge in [-0.1, -0.05) is 22.9 Å². The Balaban J connectivity index is 1.91. The van der Waals surface area contributed by atoms with Crippen LogP contribution in [0.5, 0.6) is 11.5 Å². The average molecular weight is 381 g/mol. The zero-order valence-electron chi connectivity index (χ0n) is 16.3. The maximum atomic E-state index is 13.1. The number of H-pyrrole nitrogens is 1. The quantitative estimate of drug-likeness (QED) is 0.652. The summed E-state index contributed by atoms with van der Waals surface area (Å²) in [6, 6.07) is 11.3. The molecule has 28 heavy (non-hydrogen) atoms. The number of hydrogen-bond acceptors (Lipinski definition) is 6. The Morgan fingerprint density at radius 2 is 1.96 bits per heavy atom. The molecule has 1 amide bonds. The largest absolute Gasteiger partial charge is 0.497 e. The number of tetrazole rings is 1. The summed E-state index contributed by atoms with van der Waals surface area (Å²) in [5.41, 5.74) is 3.68. The van der Waals surface area contributed by atoms with E-state index in [1.54, 1.807) is 20.3 Å². The van der Waals surface area contributed by atoms with E-state index in [1.807, 2.05) is 44.2 Å². The Kier molecular flexibility index (Phi) is 5.88. The molecule has 0 saturated carbocycles. The first-order valence-electron chi connectivity index (χ1n) is 8.84. The van der Waals surface area contributed by atoms with Crippen LogP contribution in [0.3, 0.4) is 0 Å². The van der Waals surface area contributed by atoms with Crippen LogP contribution in [0, 0.1) is 13.8 Å². The van der Waals surface area contributed by atoms with Gasteiger partial charge >= 0.3 is 0 Å². The molecule has 1 heterocycles. The molecule has 0 aliphatic heterocycles. The van der Waals surface area contributed by atoms with Crippen LogP contribution in [0.4, 0.5) is 5.69 Å². The number of carbonyl (C=O) groups is 1. The number of aryl methyl sites for hydroxylation is 2. The van der Waals surface area contributed by atoms with E-state index >= 15 is 0 Å². The first kappa shape index (κ1) is 19.3. The molecule has 0 unspecified atom stereocenters. The molecule has 2 N–H and O–H groups in total. The molecular weight excluding hydrogens is 358 g/mol. The van der Waals surface area contributed by atoms with Gasteiger partial charge in [0.05, 0.1) is 14.2 Å². The molecule has 146 valence electrons. The Morgan fingerprint density at radius 1 is 1.14 bits per heavy atom. The maximum absolute atomic E-state index is 13.1. The van der Waals surface area contributed by atoms with E-state index in [-0.39, 0.29) is 5.91 Å². The van der Waals surface area contributed by atoms with Crippen LogP contribution in [-0.2, 0) is 11.2 Å². The third-order valence-corrected chi connectivity index (χ3v) is 4.54. The van der Waals surface area contributed by atoms with Gasteiger partial charge in [0.15, 0.2) is 5.82 Å². The van der Waals surface area contributed by atoms with E-state index in [9.17, 15) is 4.79 Å². The van der Waals surface area contributed by atoms with Gasteiger partial charge in [-0.05, 0) is 55.7 Å². The lowest BCUT2D eigenvalue weighted by atomic mass is 9.96. The number of amides is 1. The second-order valence-electron chi connectivity index (χ2n) is 6.51. The molecule has 1 atom stereocenters. The number of rotatable bonds is 7. The van der Waals surface area contributed by atoms with Gasteiger partial charge in [0.1, 0.15) is 17.4 Å². The van der Waals surface area contributed by atoms with Gasteiger partial charge in [0.2, 0.25) is 5.91 Å². The zero-order valence-corrected chi connectivity index (χ0v) is 16.3. The highest BCUT2D eigenvalue weighted by Gasteiger charge is 2.27. The Morgan fingerprint density at radius 3 is 2.61 bits per heavy atom. The van der Waals surface area contributed by atoms with Crippen LogP contribution in [0.1, 0.15) is 28.4 Å². The third-order valence-electron chi connectivity index (χ3n) is 4.54. The number of aromatic amines is 1. The molecule has 0 spiro atoms. The molecule has 0 saturated heterocycles. The molecule has 8 nitrogen and oxygen atoms in total. The van der Waals surface area contributed by atoms with Crippen LogP contribution in [-0.4, -0.2) is 40.8 Å². The average Bonchev–Trinajstić information content (AvgIpc) is 3.22. The standard InChI is InChI=1S/C20H23N5O3/c1-12-5-7-17(13(2)9-12)21-20(26)16(19-22-24-25-23-19)11-14-10-15(27-3)6-8-18(14)28-4/h5-10,16H,11H2,1-4H3,(H,21,26)(H,22,23,24,25)/t16-/m1/s1. The number of hydrogen-bond donors (Lipinski definition) is 2. The van der Waals surface area contributed by atoms with E-state index in [0.717, 1.165) is 22.4 Å². The van der Waals surface area contributed by atoms with Crippen molar-refractivity contribution < 1.29 is 14.3 Å². The highest BCUT2D eigenvalue weighted by Crippen LogP contribution is 2.29. The summed E-state index contributed by atoms with van der Waals surface area (Å²) in [5.74, 6) is 0.775. The summed E-state index contributed by atoms with van der Waals surface area (Å²) in [5, 5.41) is 17.1. The van der Waals surface area contributed by atoms with Crippen molar-refractivity contribution in [1.29, 1.82) is 0 Å². The van der Waals surface area contributed by atoms with Crippen LogP contribution in [0.15, 0.2) is 36.4 Å². The van der Waals surface area contributed by atoms with Crippen molar-refractivity contribution in [3.05, 3.63) is 58.9 Å². The number of nitrogens with one attached hydrogen (secondary N) is 2. The first-order chi connectivity index (χ1) is 13.5. The predicted octanol–water partition coefficient (Wildman–Crippen LogP) is 2.80. The van der Waals surface area contributed by atoms with E-state index < -0.39 is 5.92 Å². The molecule has 1 aromatic heterocycles. The lowest BCUT2D eigenvalue weighted by Crippen LogP contribution is -2.24. The topological polar surface area (TPSA) is 102 Å². The Labute approximate surface area is 163 Å². The van der Waals surface area contributed by atoms with Crippen LogP contribution < -0.4 is 14.8 Å². The van der Waals surface area contributed by atoms with Gasteiger partial charge in [-0.2, -0.15) is 5.21 Å². The molecule has 0 fully saturated rings. The molecule has 0 bridgehead atoms. The van der Waals surface area contributed by atoms with Gasteiger partial charge in [-0.3, -0.25) is 4.79 Å². The van der Waals surface area contributed by atoms with Crippen molar-refractivity contribution in [3.63, 3.8) is 0 Å². The molecule has 8 heteroatoms. The number of ether oxygens (including phenoxy) is 2. The lowest BCUT2D eigenvalue weighted by Gasteiger charge is -2.17. The smallest absolute Gasteiger partial charge is 0.235 e. The lowest BCUT2D eigenvalue weighted by molar-refractivity contribution is -0.117. The molecule has 0 aliphatic carbocycles. The third kappa shape index (κ3) is 4.28. The fraction of sp³-hybridized carbons (Fsp3) is 0.300. The van der Waals surface area contributed by atoms with E-state index in [4.69, 9.17) is 9.47 Å². The van der Waals surface area contributed by atoms with E-state index in [0.29, 0.717) is 23.7 Å². The van der Waals surface area contributed by atoms with Crippen LogP contribution in [0.2, 0.25) is 0 Å². The molecule has 2 aromatic carbocycles. The van der Waals surface area contributed by atoms with Crippen molar-refractivity contribution in [2.24, 2.45) is 0 Å². The number of aromatic nitrogens is 4. The molecule has 0 radical (unpaired) electrons. The van der Waals surface area contributed by atoms with E-state index in [1.165, 1.54) is 0 Å². The fourth-order valence-electron chi connectivity index (χ4n) is 3.05. The summed E-state index contributed by atoms with van der Waals surface area (Å²) in [6.45, 7) is 3.97. The SMILES string of the molecule is COc1ccc(OC)c(C[C@@H](C(=O)Nc2ccc(C)cc2C)c2nn[nH]n2)c1. The monoisotopic (exact) mass is 381 g/mol. The van der Waals surface area contributed by atoms with Gasteiger partial charge in [0, 0.05) is 5.69 Å². The van der Waals surface area contributed by atoms with Crippen molar-refractivity contribution in [2.45, 2.75) is 26.2 Å². The minimum atomic E-state index is -0.652. The number of nitrogens with zero attached hydrogens (tertiary/aromatic N) is 3. The summed E-state index contributed by atoms with van der Waals surface area (Å²) >= 11 is 0. The van der Waals surface area contributed by atoms with Crippen molar-refractivity contribution >= 4 is 11.6 Å². The van der Waals surface area contributed by atoms with Crippen LogP contribution >= 0.6 is 0 Å². The Bertz CT molecular complexity index is 956. The highest BCUT2D eigenvalue weighted by molar-refractivity contribution is 5.96. The van der Waals surface area contributed by atoms with Crippen LogP contribution in [0.25, 0.3) is 0 Å². The number of carbonyl (C=O) groups excluding carboxylic acids is 1. The molecule has 3 aromatic rings. The molecular formula is C20H23N5O3. The van der Waals surface area contributed by atoms with Crippen molar-refractivity contribution in [2.75, 3.05) is 19.5 Å². The molecule has 3 rings (SSSR count).